The minimum Gasteiger partial charge on any atom is -0.381 e. The fraction of sp³-hybridized carbons (Fsp3) is 0.286. The molecule has 0 aliphatic carbocycles. The van der Waals surface area contributed by atoms with Gasteiger partial charge in [0, 0.05) is 10.6 Å². The van der Waals surface area contributed by atoms with Gasteiger partial charge in [-0.2, -0.15) is 0 Å². The first-order valence-electron chi connectivity index (χ1n) is 9.17. The van der Waals surface area contributed by atoms with E-state index in [1.165, 1.54) is 10.5 Å². The number of oxime groups is 1. The molecule has 2 heterocycles. The van der Waals surface area contributed by atoms with Crippen LogP contribution in [0.2, 0.25) is 10.0 Å². The number of nitrogens with zero attached hydrogens (tertiary/aromatic N) is 2. The highest BCUT2D eigenvalue weighted by Gasteiger charge is 2.56. The van der Waals surface area contributed by atoms with E-state index in [9.17, 15) is 9.59 Å². The Balaban J connectivity index is 1.61. The van der Waals surface area contributed by atoms with Crippen LogP contribution in [0.25, 0.3) is 0 Å². The number of halogens is 2. The second-order valence-corrected chi connectivity index (χ2v) is 7.73. The monoisotopic (exact) mass is 416 g/mol. The van der Waals surface area contributed by atoms with E-state index in [4.69, 9.17) is 28.0 Å². The van der Waals surface area contributed by atoms with E-state index in [0.717, 1.165) is 19.3 Å². The lowest BCUT2D eigenvalue weighted by atomic mass is 9.94. The lowest BCUT2D eigenvalue weighted by Crippen LogP contribution is -2.33. The topological polar surface area (TPSA) is 59.0 Å². The number of hydrogen-bond donors (Lipinski definition) is 0. The molecule has 144 valence electrons. The van der Waals surface area contributed by atoms with E-state index in [1.807, 2.05) is 12.1 Å². The zero-order valence-corrected chi connectivity index (χ0v) is 16.7. The number of imide groups is 1. The van der Waals surface area contributed by atoms with E-state index >= 15 is 0 Å². The maximum absolute atomic E-state index is 13.1. The van der Waals surface area contributed by atoms with E-state index in [-0.39, 0.29) is 5.91 Å². The predicted octanol–water partition coefficient (Wildman–Crippen LogP) is 4.63. The van der Waals surface area contributed by atoms with Crippen LogP contribution in [0.5, 0.6) is 0 Å². The summed E-state index contributed by atoms with van der Waals surface area (Å²) >= 11 is 12.2. The van der Waals surface area contributed by atoms with E-state index in [2.05, 4.69) is 12.1 Å². The summed E-state index contributed by atoms with van der Waals surface area (Å²) in [6, 6.07) is 12.4. The van der Waals surface area contributed by atoms with Crippen molar-refractivity contribution in [2.75, 3.05) is 4.90 Å². The zero-order chi connectivity index (χ0) is 19.8. The van der Waals surface area contributed by atoms with Gasteiger partial charge in [-0.05, 0) is 42.7 Å². The number of carbonyl (C=O) groups excluding carboxylic acids is 2. The summed E-state index contributed by atoms with van der Waals surface area (Å²) in [6.07, 6.45) is 2.22. The first-order valence-corrected chi connectivity index (χ1v) is 9.92. The van der Waals surface area contributed by atoms with Gasteiger partial charge in [0.25, 0.3) is 5.91 Å². The average molecular weight is 417 g/mol. The van der Waals surface area contributed by atoms with Gasteiger partial charge in [0.05, 0.1) is 10.7 Å². The van der Waals surface area contributed by atoms with Gasteiger partial charge in [-0.15, -0.1) is 0 Å². The first-order chi connectivity index (χ1) is 13.5. The van der Waals surface area contributed by atoms with Gasteiger partial charge in [0.15, 0.2) is 0 Å². The standard InChI is InChI=1S/C21H18Cl2N2O3/c1-2-3-4-12-5-8-14(9-6-12)25-20(26)17-18(24-28-19(17)21(25)27)15-10-7-13(22)11-16(15)23/h5-11,17,19H,2-4H2,1H3/t17-,19+/m0/s1. The smallest absolute Gasteiger partial charge is 0.278 e. The molecule has 2 aliphatic heterocycles. The maximum atomic E-state index is 13.1. The summed E-state index contributed by atoms with van der Waals surface area (Å²) in [5, 5.41) is 4.81. The fourth-order valence-electron chi connectivity index (χ4n) is 3.54. The van der Waals surface area contributed by atoms with Gasteiger partial charge in [-0.3, -0.25) is 9.59 Å². The molecule has 0 spiro atoms. The molecule has 0 saturated carbocycles. The van der Waals surface area contributed by atoms with Crippen LogP contribution in [0.1, 0.15) is 30.9 Å². The van der Waals surface area contributed by atoms with E-state index < -0.39 is 17.9 Å². The summed E-state index contributed by atoms with van der Waals surface area (Å²) < 4.78 is 0. The number of anilines is 1. The Kier molecular flexibility index (Phi) is 5.13. The number of carbonyl (C=O) groups is 2. The van der Waals surface area contributed by atoms with Crippen molar-refractivity contribution in [1.82, 2.24) is 0 Å². The van der Waals surface area contributed by atoms with Gasteiger partial charge in [0.2, 0.25) is 12.0 Å². The van der Waals surface area contributed by atoms with Crippen molar-refractivity contribution in [2.45, 2.75) is 32.3 Å². The molecule has 2 aromatic rings. The van der Waals surface area contributed by atoms with Crippen LogP contribution in [0, 0.1) is 5.92 Å². The number of fused-ring (bicyclic) bond motifs is 1. The van der Waals surface area contributed by atoms with Crippen molar-refractivity contribution in [1.29, 1.82) is 0 Å². The number of amides is 2. The van der Waals surface area contributed by atoms with Crippen LogP contribution in [-0.2, 0) is 20.8 Å². The quantitative estimate of drug-likeness (QED) is 0.667. The van der Waals surface area contributed by atoms with Crippen molar-refractivity contribution >= 4 is 46.4 Å². The molecule has 4 rings (SSSR count). The van der Waals surface area contributed by atoms with Gasteiger partial charge in [0.1, 0.15) is 11.6 Å². The van der Waals surface area contributed by atoms with Crippen molar-refractivity contribution in [2.24, 2.45) is 11.1 Å². The lowest BCUT2D eigenvalue weighted by molar-refractivity contribution is -0.126. The van der Waals surface area contributed by atoms with Gasteiger partial charge < -0.3 is 4.84 Å². The summed E-state index contributed by atoms with van der Waals surface area (Å²) in [5.41, 5.74) is 2.61. The summed E-state index contributed by atoms with van der Waals surface area (Å²) in [4.78, 5) is 32.4. The zero-order valence-electron chi connectivity index (χ0n) is 15.2. The minimum atomic E-state index is -0.964. The second kappa shape index (κ2) is 7.57. The molecule has 28 heavy (non-hydrogen) atoms. The Morgan fingerprint density at radius 2 is 1.82 bits per heavy atom. The number of unbranched alkanes of at least 4 members (excludes halogenated alkanes) is 1. The SMILES string of the molecule is CCCCc1ccc(N2C(=O)[C@H]3C(c4ccc(Cl)cc4Cl)=NO[C@H]3C2=O)cc1. The van der Waals surface area contributed by atoms with Crippen LogP contribution >= 0.6 is 23.2 Å². The largest absolute Gasteiger partial charge is 0.381 e. The van der Waals surface area contributed by atoms with E-state index in [0.29, 0.717) is 27.0 Å². The molecule has 1 saturated heterocycles. The maximum Gasteiger partial charge on any atom is 0.278 e. The Labute approximate surface area is 172 Å². The molecule has 2 aliphatic rings. The molecule has 2 aromatic carbocycles. The van der Waals surface area contributed by atoms with Crippen LogP contribution < -0.4 is 4.90 Å². The number of aryl methyl sites for hydroxylation is 1. The van der Waals surface area contributed by atoms with Crippen molar-refractivity contribution in [3.63, 3.8) is 0 Å². The molecule has 2 amide bonds. The second-order valence-electron chi connectivity index (χ2n) is 6.89. The summed E-state index contributed by atoms with van der Waals surface area (Å²) in [6.45, 7) is 2.14. The van der Waals surface area contributed by atoms with Crippen molar-refractivity contribution in [3.8, 4) is 0 Å². The summed E-state index contributed by atoms with van der Waals surface area (Å²) in [7, 11) is 0. The van der Waals surface area contributed by atoms with Gasteiger partial charge in [-0.1, -0.05) is 59.9 Å². The average Bonchev–Trinajstić information content (AvgIpc) is 3.21. The third kappa shape index (κ3) is 3.19. The Bertz CT molecular complexity index is 972. The van der Waals surface area contributed by atoms with Crippen LogP contribution in [0.4, 0.5) is 5.69 Å². The van der Waals surface area contributed by atoms with Crippen LogP contribution in [0.15, 0.2) is 47.6 Å². The Hall–Kier alpha value is -2.37. The highest BCUT2D eigenvalue weighted by molar-refractivity contribution is 6.39. The fourth-order valence-corrected chi connectivity index (χ4v) is 4.05. The molecule has 5 nitrogen and oxygen atoms in total. The van der Waals surface area contributed by atoms with Crippen molar-refractivity contribution < 1.29 is 14.4 Å². The van der Waals surface area contributed by atoms with E-state index in [1.54, 1.807) is 30.3 Å². The molecule has 0 bridgehead atoms. The number of rotatable bonds is 5. The Morgan fingerprint density at radius 1 is 1.07 bits per heavy atom. The highest BCUT2D eigenvalue weighted by atomic mass is 35.5. The Morgan fingerprint density at radius 3 is 2.50 bits per heavy atom. The molecule has 0 aromatic heterocycles. The van der Waals surface area contributed by atoms with Crippen LogP contribution in [0.3, 0.4) is 0 Å². The molecule has 0 unspecified atom stereocenters. The predicted molar refractivity (Wildman–Crippen MR) is 109 cm³/mol. The normalized spacial score (nSPS) is 21.0. The van der Waals surface area contributed by atoms with Gasteiger partial charge >= 0.3 is 0 Å². The number of hydrogen-bond acceptors (Lipinski definition) is 4. The van der Waals surface area contributed by atoms with Crippen molar-refractivity contribution in [3.05, 3.63) is 63.6 Å². The third-order valence-corrected chi connectivity index (χ3v) is 5.58. The van der Waals surface area contributed by atoms with Gasteiger partial charge in [-0.25, -0.2) is 4.90 Å². The molecular formula is C21H18Cl2N2O3. The minimum absolute atomic E-state index is 0.354. The molecule has 7 heteroatoms. The number of benzene rings is 2. The lowest BCUT2D eigenvalue weighted by Gasteiger charge is -2.16. The summed E-state index contributed by atoms with van der Waals surface area (Å²) in [5.74, 6) is -1.59. The first kappa shape index (κ1) is 19.0. The molecule has 2 atom stereocenters. The highest BCUT2D eigenvalue weighted by Crippen LogP contribution is 2.37. The molecular weight excluding hydrogens is 399 g/mol. The third-order valence-electron chi connectivity index (χ3n) is 5.03. The molecule has 1 fully saturated rings. The molecule has 0 N–H and O–H groups in total. The molecule has 0 radical (unpaired) electrons. The van der Waals surface area contributed by atoms with Crippen LogP contribution in [-0.4, -0.2) is 23.6 Å².